The van der Waals surface area contributed by atoms with E-state index in [-0.39, 0.29) is 12.0 Å². The van der Waals surface area contributed by atoms with Crippen LogP contribution in [0.2, 0.25) is 0 Å². The average molecular weight is 264 g/mol. The molecule has 2 atom stereocenters. The lowest BCUT2D eigenvalue weighted by atomic mass is 9.94. The predicted octanol–water partition coefficient (Wildman–Crippen LogP) is 1.92. The Labute approximate surface area is 115 Å². The van der Waals surface area contributed by atoms with Crippen molar-refractivity contribution in [1.29, 1.82) is 0 Å². The van der Waals surface area contributed by atoms with Crippen LogP contribution < -0.4 is 15.8 Å². The summed E-state index contributed by atoms with van der Waals surface area (Å²) in [4.78, 5) is 11.5. The van der Waals surface area contributed by atoms with Gasteiger partial charge in [-0.2, -0.15) is 0 Å². The summed E-state index contributed by atoms with van der Waals surface area (Å²) in [5.74, 6) is 0.488. The van der Waals surface area contributed by atoms with E-state index in [9.17, 15) is 4.79 Å². The number of nitrogens with one attached hydrogen (secondary N) is 1. The molecule has 0 aromatic heterocycles. The van der Waals surface area contributed by atoms with E-state index in [0.29, 0.717) is 6.42 Å². The molecule has 0 aliphatic heterocycles. The molecular weight excluding hydrogens is 240 g/mol. The summed E-state index contributed by atoms with van der Waals surface area (Å²) >= 11 is 0. The lowest BCUT2D eigenvalue weighted by molar-refractivity contribution is -0.124. The molecule has 0 fully saturated rings. The average Bonchev–Trinajstić information content (AvgIpc) is 2.34. The molecule has 0 aliphatic rings. The maximum atomic E-state index is 11.5. The monoisotopic (exact) mass is 264 g/mol. The van der Waals surface area contributed by atoms with Crippen LogP contribution in [0.4, 0.5) is 0 Å². The van der Waals surface area contributed by atoms with Gasteiger partial charge in [-0.3, -0.25) is 4.79 Å². The molecule has 4 heteroatoms. The quantitative estimate of drug-likeness (QED) is 0.825. The van der Waals surface area contributed by atoms with E-state index in [1.54, 1.807) is 14.0 Å². The highest BCUT2D eigenvalue weighted by Gasteiger charge is 2.31. The second-order valence-corrected chi connectivity index (χ2v) is 5.28. The van der Waals surface area contributed by atoms with Crippen molar-refractivity contribution in [3.63, 3.8) is 0 Å². The van der Waals surface area contributed by atoms with Gasteiger partial charge in [0.15, 0.2) is 0 Å². The van der Waals surface area contributed by atoms with Gasteiger partial charge in [0.05, 0.1) is 11.6 Å². The van der Waals surface area contributed by atoms with Gasteiger partial charge in [0.25, 0.3) is 0 Å². The highest BCUT2D eigenvalue weighted by molar-refractivity contribution is 5.84. The largest absolute Gasteiger partial charge is 0.490 e. The number of carbonyl (C=O) groups is 1. The van der Waals surface area contributed by atoms with Gasteiger partial charge < -0.3 is 15.8 Å². The van der Waals surface area contributed by atoms with Gasteiger partial charge in [-0.05, 0) is 51.9 Å². The van der Waals surface area contributed by atoms with Gasteiger partial charge in [0.1, 0.15) is 5.75 Å². The fourth-order valence-electron chi connectivity index (χ4n) is 2.01. The fourth-order valence-corrected chi connectivity index (χ4v) is 2.01. The molecule has 0 heterocycles. The van der Waals surface area contributed by atoms with Gasteiger partial charge in [0, 0.05) is 6.42 Å². The first-order valence-corrected chi connectivity index (χ1v) is 6.52. The van der Waals surface area contributed by atoms with E-state index in [2.05, 4.69) is 5.32 Å². The number of benzene rings is 1. The van der Waals surface area contributed by atoms with Gasteiger partial charge >= 0.3 is 0 Å². The van der Waals surface area contributed by atoms with Crippen LogP contribution in [0.3, 0.4) is 0 Å². The van der Waals surface area contributed by atoms with E-state index in [0.717, 1.165) is 11.3 Å². The van der Waals surface area contributed by atoms with Crippen LogP contribution in [0.1, 0.15) is 31.4 Å². The van der Waals surface area contributed by atoms with Gasteiger partial charge in [-0.15, -0.1) is 0 Å². The summed E-state index contributed by atoms with van der Waals surface area (Å²) in [6, 6.07) is 5.96. The molecule has 19 heavy (non-hydrogen) atoms. The summed E-state index contributed by atoms with van der Waals surface area (Å²) in [6.07, 6.45) is 0.414. The molecular formula is C15H24N2O2. The molecule has 0 radical (unpaired) electrons. The third-order valence-electron chi connectivity index (χ3n) is 3.67. The molecule has 4 nitrogen and oxygen atoms in total. The van der Waals surface area contributed by atoms with Crippen molar-refractivity contribution < 1.29 is 9.53 Å². The zero-order valence-electron chi connectivity index (χ0n) is 12.4. The molecule has 1 rings (SSSR count). The Kier molecular flexibility index (Phi) is 4.95. The Bertz CT molecular complexity index is 459. The van der Waals surface area contributed by atoms with Crippen LogP contribution >= 0.6 is 0 Å². The first-order chi connectivity index (χ1) is 8.80. The van der Waals surface area contributed by atoms with Crippen LogP contribution in [-0.4, -0.2) is 24.6 Å². The van der Waals surface area contributed by atoms with Crippen LogP contribution in [0.15, 0.2) is 18.2 Å². The number of ether oxygens (including phenoxy) is 1. The van der Waals surface area contributed by atoms with Crippen molar-refractivity contribution in [2.24, 2.45) is 5.73 Å². The zero-order valence-corrected chi connectivity index (χ0v) is 12.4. The number of nitrogens with two attached hydrogens (primary N) is 1. The topological polar surface area (TPSA) is 64.3 Å². The predicted molar refractivity (Wildman–Crippen MR) is 77.3 cm³/mol. The van der Waals surface area contributed by atoms with E-state index in [1.165, 1.54) is 5.56 Å². The van der Waals surface area contributed by atoms with Gasteiger partial charge in [0.2, 0.25) is 5.91 Å². The Morgan fingerprint density at radius 3 is 2.63 bits per heavy atom. The minimum atomic E-state index is -0.753. The molecule has 3 N–H and O–H groups in total. The molecule has 1 aromatic rings. The molecule has 106 valence electrons. The molecule has 0 bridgehead atoms. The first kappa shape index (κ1) is 15.5. The molecule has 0 saturated heterocycles. The number of primary amides is 1. The van der Waals surface area contributed by atoms with E-state index in [4.69, 9.17) is 10.5 Å². The Morgan fingerprint density at radius 2 is 2.11 bits per heavy atom. The lowest BCUT2D eigenvalue weighted by Crippen LogP contribution is -2.53. The second kappa shape index (κ2) is 6.06. The molecule has 0 saturated carbocycles. The van der Waals surface area contributed by atoms with Crippen LogP contribution in [0.5, 0.6) is 5.75 Å². The normalized spacial score (nSPS) is 15.6. The summed E-state index contributed by atoms with van der Waals surface area (Å²) in [7, 11) is 1.73. The van der Waals surface area contributed by atoms with Crippen LogP contribution in [0, 0.1) is 13.8 Å². The number of hydrogen-bond acceptors (Lipinski definition) is 3. The van der Waals surface area contributed by atoms with Crippen LogP contribution in [0.25, 0.3) is 0 Å². The van der Waals surface area contributed by atoms with Crippen molar-refractivity contribution in [3.8, 4) is 5.75 Å². The number of hydrogen-bond donors (Lipinski definition) is 2. The lowest BCUT2D eigenvalue weighted by Gasteiger charge is -2.29. The van der Waals surface area contributed by atoms with E-state index >= 15 is 0 Å². The summed E-state index contributed by atoms with van der Waals surface area (Å²) in [5.41, 5.74) is 6.98. The first-order valence-electron chi connectivity index (χ1n) is 6.52. The number of rotatable bonds is 6. The second-order valence-electron chi connectivity index (χ2n) is 5.28. The molecule has 1 aromatic carbocycles. The highest BCUT2D eigenvalue weighted by Crippen LogP contribution is 2.24. The van der Waals surface area contributed by atoms with Crippen LogP contribution in [-0.2, 0) is 4.79 Å². The molecule has 0 spiro atoms. The maximum absolute atomic E-state index is 11.5. The molecule has 1 amide bonds. The maximum Gasteiger partial charge on any atom is 0.237 e. The van der Waals surface area contributed by atoms with Crippen molar-refractivity contribution in [3.05, 3.63) is 29.3 Å². The number of amides is 1. The van der Waals surface area contributed by atoms with E-state index in [1.807, 2.05) is 39.0 Å². The number of likely N-dealkylation sites (N-methyl/N-ethyl adjacent to an activating group) is 1. The number of aryl methyl sites for hydroxylation is 1. The third kappa shape index (κ3) is 3.70. The van der Waals surface area contributed by atoms with Crippen molar-refractivity contribution in [2.75, 3.05) is 7.05 Å². The molecule has 2 unspecified atom stereocenters. The smallest absolute Gasteiger partial charge is 0.237 e. The Balaban J connectivity index is 2.78. The van der Waals surface area contributed by atoms with Crippen molar-refractivity contribution >= 4 is 5.91 Å². The SMILES string of the molecule is CNC(C)(CC(C)Oc1cccc(C)c1C)C(N)=O. The number of carbonyl (C=O) groups excluding carboxylic acids is 1. The Morgan fingerprint density at radius 1 is 1.47 bits per heavy atom. The standard InChI is InChI=1S/C15H24N2O2/c1-10-7-6-8-13(12(10)3)19-11(2)9-15(4,17-5)14(16)18/h6-8,11,17H,9H2,1-5H3,(H2,16,18). The summed E-state index contributed by atoms with van der Waals surface area (Å²) in [5, 5.41) is 2.97. The molecule has 0 aliphatic carbocycles. The zero-order chi connectivity index (χ0) is 14.6. The summed E-state index contributed by atoms with van der Waals surface area (Å²) < 4.78 is 5.93. The fraction of sp³-hybridized carbons (Fsp3) is 0.533. The third-order valence-corrected chi connectivity index (χ3v) is 3.67. The van der Waals surface area contributed by atoms with E-state index < -0.39 is 5.54 Å². The van der Waals surface area contributed by atoms with Gasteiger partial charge in [-0.1, -0.05) is 12.1 Å². The Hall–Kier alpha value is -1.55. The van der Waals surface area contributed by atoms with Gasteiger partial charge in [-0.25, -0.2) is 0 Å². The minimum Gasteiger partial charge on any atom is -0.490 e. The van der Waals surface area contributed by atoms with Crippen molar-refractivity contribution in [1.82, 2.24) is 5.32 Å². The minimum absolute atomic E-state index is 0.106. The highest BCUT2D eigenvalue weighted by atomic mass is 16.5. The van der Waals surface area contributed by atoms with Crippen molar-refractivity contribution in [2.45, 2.75) is 45.8 Å². The summed E-state index contributed by atoms with van der Waals surface area (Å²) in [6.45, 7) is 7.81.